The number of hydrogen-bond acceptors (Lipinski definition) is 2. The van der Waals surface area contributed by atoms with Gasteiger partial charge in [0.1, 0.15) is 5.82 Å². The Labute approximate surface area is 115 Å². The molecule has 1 unspecified atom stereocenters. The van der Waals surface area contributed by atoms with E-state index >= 15 is 0 Å². The Kier molecular flexibility index (Phi) is 5.16. The smallest absolute Gasteiger partial charge is 0.108 e. The highest BCUT2D eigenvalue weighted by Crippen LogP contribution is 2.19. The largest absolute Gasteiger partial charge is 0.326 e. The van der Waals surface area contributed by atoms with Crippen molar-refractivity contribution in [3.05, 3.63) is 54.1 Å². The molecule has 0 aliphatic rings. The van der Waals surface area contributed by atoms with Crippen LogP contribution in [0.2, 0.25) is 0 Å². The number of nitrogens with one attached hydrogen (secondary N) is 1. The summed E-state index contributed by atoms with van der Waals surface area (Å²) < 4.78 is 2.29. The van der Waals surface area contributed by atoms with Crippen molar-refractivity contribution in [2.75, 3.05) is 13.1 Å². The van der Waals surface area contributed by atoms with Gasteiger partial charge in [-0.25, -0.2) is 4.98 Å². The molecule has 2 rings (SSSR count). The van der Waals surface area contributed by atoms with E-state index < -0.39 is 0 Å². The molecule has 0 radical (unpaired) electrons. The van der Waals surface area contributed by atoms with Gasteiger partial charge in [-0.3, -0.25) is 0 Å². The Morgan fingerprint density at radius 3 is 2.68 bits per heavy atom. The number of aryl methyl sites for hydroxylation is 1. The molecule has 3 nitrogen and oxygen atoms in total. The van der Waals surface area contributed by atoms with Crippen LogP contribution >= 0.6 is 0 Å². The van der Waals surface area contributed by atoms with Crippen LogP contribution in [0.4, 0.5) is 0 Å². The van der Waals surface area contributed by atoms with E-state index in [1.165, 1.54) is 5.56 Å². The molecule has 0 saturated heterocycles. The van der Waals surface area contributed by atoms with Crippen LogP contribution in [0.1, 0.15) is 37.7 Å². The topological polar surface area (TPSA) is 29.9 Å². The van der Waals surface area contributed by atoms with E-state index in [-0.39, 0.29) is 0 Å². The second-order valence-electron chi connectivity index (χ2n) is 4.73. The lowest BCUT2D eigenvalue weighted by Crippen LogP contribution is -2.27. The fourth-order valence-corrected chi connectivity index (χ4v) is 2.37. The van der Waals surface area contributed by atoms with E-state index in [0.717, 1.165) is 31.8 Å². The molecule has 19 heavy (non-hydrogen) atoms. The average molecular weight is 257 g/mol. The molecule has 0 fully saturated rings. The molecule has 0 amide bonds. The average Bonchev–Trinajstić information content (AvgIpc) is 2.93. The Morgan fingerprint density at radius 2 is 2.00 bits per heavy atom. The lowest BCUT2D eigenvalue weighted by Gasteiger charge is -2.21. The van der Waals surface area contributed by atoms with Crippen molar-refractivity contribution in [3.8, 4) is 0 Å². The lowest BCUT2D eigenvalue weighted by atomic mass is 10.1. The summed E-state index contributed by atoms with van der Waals surface area (Å²) in [5.74, 6) is 1.15. The van der Waals surface area contributed by atoms with Crippen LogP contribution in [0.15, 0.2) is 42.7 Å². The van der Waals surface area contributed by atoms with Crippen LogP contribution in [-0.4, -0.2) is 22.6 Å². The predicted octanol–water partition coefficient (Wildman–Crippen LogP) is 3.03. The van der Waals surface area contributed by atoms with Crippen LogP contribution in [0.5, 0.6) is 0 Å². The zero-order valence-corrected chi connectivity index (χ0v) is 11.8. The maximum Gasteiger partial charge on any atom is 0.108 e. The Balaban J connectivity index is 2.24. The van der Waals surface area contributed by atoms with Gasteiger partial charge >= 0.3 is 0 Å². The Morgan fingerprint density at radius 1 is 1.21 bits per heavy atom. The summed E-state index contributed by atoms with van der Waals surface area (Å²) in [5, 5.41) is 3.52. The lowest BCUT2D eigenvalue weighted by molar-refractivity contribution is 0.506. The number of nitrogens with zero attached hydrogens (tertiary/aromatic N) is 2. The minimum atomic E-state index is 0.324. The quantitative estimate of drug-likeness (QED) is 0.773. The summed E-state index contributed by atoms with van der Waals surface area (Å²) in [7, 11) is 0. The summed E-state index contributed by atoms with van der Waals surface area (Å²) in [6.07, 6.45) is 6.11. The molecule has 1 aromatic carbocycles. The third-order valence-electron chi connectivity index (χ3n) is 3.35. The minimum Gasteiger partial charge on any atom is -0.326 e. The molecule has 1 heterocycles. The van der Waals surface area contributed by atoms with E-state index in [4.69, 9.17) is 0 Å². The Bertz CT molecular complexity index is 476. The van der Waals surface area contributed by atoms with Crippen molar-refractivity contribution in [2.24, 2.45) is 0 Å². The van der Waals surface area contributed by atoms with Gasteiger partial charge in [0.05, 0.1) is 6.04 Å². The summed E-state index contributed by atoms with van der Waals surface area (Å²) in [6, 6.07) is 11.0. The van der Waals surface area contributed by atoms with E-state index in [0.29, 0.717) is 6.04 Å². The first-order chi connectivity index (χ1) is 9.36. The molecular weight excluding hydrogens is 234 g/mol. The number of benzene rings is 1. The number of hydrogen-bond donors (Lipinski definition) is 1. The molecule has 3 heteroatoms. The van der Waals surface area contributed by atoms with Crippen molar-refractivity contribution < 1.29 is 0 Å². The zero-order chi connectivity index (χ0) is 13.5. The van der Waals surface area contributed by atoms with Gasteiger partial charge in [0.25, 0.3) is 0 Å². The second kappa shape index (κ2) is 7.10. The molecular formula is C16H23N3. The summed E-state index contributed by atoms with van der Waals surface area (Å²) in [4.78, 5) is 4.44. The highest BCUT2D eigenvalue weighted by atomic mass is 15.1. The molecule has 0 aliphatic carbocycles. The third kappa shape index (κ3) is 3.44. The first-order valence-electron chi connectivity index (χ1n) is 7.14. The molecule has 0 aliphatic heterocycles. The summed E-state index contributed by atoms with van der Waals surface area (Å²) in [6.45, 7) is 6.35. The fourth-order valence-electron chi connectivity index (χ4n) is 2.37. The molecule has 1 atom stereocenters. The van der Waals surface area contributed by atoms with Crippen molar-refractivity contribution in [3.63, 3.8) is 0 Å². The van der Waals surface area contributed by atoms with Gasteiger partial charge in [0.2, 0.25) is 0 Å². The molecule has 1 N–H and O–H groups in total. The van der Waals surface area contributed by atoms with E-state index in [9.17, 15) is 0 Å². The SMILES string of the molecule is CCCNCC(c1ccccc1)n1ccnc1CC. The van der Waals surface area contributed by atoms with Crippen molar-refractivity contribution >= 4 is 0 Å². The number of aromatic nitrogens is 2. The maximum atomic E-state index is 4.44. The summed E-state index contributed by atoms with van der Waals surface area (Å²) in [5.41, 5.74) is 1.33. The number of imidazole rings is 1. The van der Waals surface area contributed by atoms with Gasteiger partial charge < -0.3 is 9.88 Å². The van der Waals surface area contributed by atoms with Gasteiger partial charge in [-0.15, -0.1) is 0 Å². The first-order valence-corrected chi connectivity index (χ1v) is 7.14. The van der Waals surface area contributed by atoms with Gasteiger partial charge in [-0.2, -0.15) is 0 Å². The van der Waals surface area contributed by atoms with Crippen molar-refractivity contribution in [1.82, 2.24) is 14.9 Å². The molecule has 2 aromatic rings. The molecule has 1 aromatic heterocycles. The van der Waals surface area contributed by atoms with Gasteiger partial charge in [-0.1, -0.05) is 44.2 Å². The van der Waals surface area contributed by atoms with E-state index in [1.807, 2.05) is 6.20 Å². The van der Waals surface area contributed by atoms with Gasteiger partial charge in [0.15, 0.2) is 0 Å². The Hall–Kier alpha value is -1.61. The highest BCUT2D eigenvalue weighted by Gasteiger charge is 2.15. The molecule has 102 valence electrons. The van der Waals surface area contributed by atoms with Gasteiger partial charge in [0, 0.05) is 25.4 Å². The van der Waals surface area contributed by atoms with Crippen molar-refractivity contribution in [1.29, 1.82) is 0 Å². The molecule has 0 saturated carbocycles. The maximum absolute atomic E-state index is 4.44. The monoisotopic (exact) mass is 257 g/mol. The van der Waals surface area contributed by atoms with Crippen LogP contribution < -0.4 is 5.32 Å². The van der Waals surface area contributed by atoms with Gasteiger partial charge in [-0.05, 0) is 18.5 Å². The zero-order valence-electron chi connectivity index (χ0n) is 11.8. The highest BCUT2D eigenvalue weighted by molar-refractivity contribution is 5.21. The normalized spacial score (nSPS) is 12.5. The first kappa shape index (κ1) is 13.8. The van der Waals surface area contributed by atoms with Crippen LogP contribution in [0.25, 0.3) is 0 Å². The molecule has 0 bridgehead atoms. The van der Waals surface area contributed by atoms with E-state index in [2.05, 4.69) is 65.2 Å². The van der Waals surface area contributed by atoms with Crippen LogP contribution in [0.3, 0.4) is 0 Å². The number of rotatable bonds is 7. The molecule has 0 spiro atoms. The standard InChI is InChI=1S/C16H23N3/c1-3-10-17-13-15(14-8-6-5-7-9-14)19-12-11-18-16(19)4-2/h5-9,11-12,15,17H,3-4,10,13H2,1-2H3. The summed E-state index contributed by atoms with van der Waals surface area (Å²) >= 11 is 0. The second-order valence-corrected chi connectivity index (χ2v) is 4.73. The minimum absolute atomic E-state index is 0.324. The van der Waals surface area contributed by atoms with Crippen LogP contribution in [-0.2, 0) is 6.42 Å². The fraction of sp³-hybridized carbons (Fsp3) is 0.438. The predicted molar refractivity (Wildman–Crippen MR) is 79.3 cm³/mol. The van der Waals surface area contributed by atoms with E-state index in [1.54, 1.807) is 0 Å². The van der Waals surface area contributed by atoms with Crippen LogP contribution in [0, 0.1) is 0 Å². The van der Waals surface area contributed by atoms with Crippen molar-refractivity contribution in [2.45, 2.75) is 32.7 Å². The third-order valence-corrected chi connectivity index (χ3v) is 3.35.